The fourth-order valence-electron chi connectivity index (χ4n) is 3.16. The van der Waals surface area contributed by atoms with Gasteiger partial charge in [-0.25, -0.2) is 4.90 Å². The van der Waals surface area contributed by atoms with E-state index >= 15 is 0 Å². The minimum Gasteiger partial charge on any atom is -0.373 e. The van der Waals surface area contributed by atoms with Crippen LogP contribution in [0.5, 0.6) is 0 Å². The number of halogens is 2. The summed E-state index contributed by atoms with van der Waals surface area (Å²) in [5, 5.41) is 6.09. The molecule has 6 heteroatoms. The van der Waals surface area contributed by atoms with Gasteiger partial charge in [0.25, 0.3) is 5.91 Å². The Labute approximate surface area is 160 Å². The molecular formula is C20H14Cl2N2O2. The Morgan fingerprint density at radius 2 is 1.58 bits per heavy atom. The highest BCUT2D eigenvalue weighted by Crippen LogP contribution is 2.30. The zero-order valence-corrected chi connectivity index (χ0v) is 15.1. The monoisotopic (exact) mass is 384 g/mol. The maximum absolute atomic E-state index is 12.8. The number of hydrogen-bond acceptors (Lipinski definition) is 3. The standard InChI is InChI=1S/C20H14Cl2N2O2/c21-14-8-15(22)10-17(9-14)24-19(25)11-18(20(24)26)23-16-6-5-12-3-1-2-4-13(12)7-16/h1-10,18,23H,11H2. The molecule has 26 heavy (non-hydrogen) atoms. The van der Waals surface area contributed by atoms with E-state index in [1.165, 1.54) is 0 Å². The van der Waals surface area contributed by atoms with Gasteiger partial charge in [0.05, 0.1) is 12.1 Å². The van der Waals surface area contributed by atoms with Crippen molar-refractivity contribution in [1.29, 1.82) is 0 Å². The highest BCUT2D eigenvalue weighted by Gasteiger charge is 2.39. The summed E-state index contributed by atoms with van der Waals surface area (Å²) >= 11 is 12.0. The molecule has 3 aromatic carbocycles. The van der Waals surface area contributed by atoms with Crippen molar-refractivity contribution in [3.8, 4) is 0 Å². The lowest BCUT2D eigenvalue weighted by Crippen LogP contribution is -2.34. The molecule has 0 radical (unpaired) electrons. The minimum absolute atomic E-state index is 0.0792. The summed E-state index contributed by atoms with van der Waals surface area (Å²) < 4.78 is 0. The molecule has 4 rings (SSSR count). The number of anilines is 2. The number of nitrogens with zero attached hydrogens (tertiary/aromatic N) is 1. The van der Waals surface area contributed by atoms with Crippen LogP contribution in [0.4, 0.5) is 11.4 Å². The van der Waals surface area contributed by atoms with Gasteiger partial charge in [0.2, 0.25) is 5.91 Å². The number of carbonyl (C=O) groups excluding carboxylic acids is 2. The molecule has 1 aliphatic rings. The van der Waals surface area contributed by atoms with Crippen molar-refractivity contribution >= 4 is 57.2 Å². The molecule has 1 heterocycles. The summed E-state index contributed by atoms with van der Waals surface area (Å²) in [6.07, 6.45) is 0.0792. The van der Waals surface area contributed by atoms with E-state index in [1.54, 1.807) is 18.2 Å². The average molecular weight is 385 g/mol. The molecule has 1 atom stereocenters. The fourth-order valence-corrected chi connectivity index (χ4v) is 3.68. The van der Waals surface area contributed by atoms with Crippen LogP contribution in [-0.2, 0) is 9.59 Å². The first-order chi connectivity index (χ1) is 12.5. The zero-order chi connectivity index (χ0) is 18.3. The third-order valence-electron chi connectivity index (χ3n) is 4.34. The maximum Gasteiger partial charge on any atom is 0.256 e. The van der Waals surface area contributed by atoms with E-state index in [4.69, 9.17) is 23.2 Å². The Balaban J connectivity index is 1.60. The average Bonchev–Trinajstić information content (AvgIpc) is 2.87. The summed E-state index contributed by atoms with van der Waals surface area (Å²) in [5.41, 5.74) is 1.18. The van der Waals surface area contributed by atoms with Gasteiger partial charge >= 0.3 is 0 Å². The zero-order valence-electron chi connectivity index (χ0n) is 13.6. The third-order valence-corrected chi connectivity index (χ3v) is 4.78. The molecule has 1 unspecified atom stereocenters. The van der Waals surface area contributed by atoms with E-state index in [-0.39, 0.29) is 18.2 Å². The lowest BCUT2D eigenvalue weighted by Gasteiger charge is -2.17. The number of fused-ring (bicyclic) bond motifs is 1. The van der Waals surface area contributed by atoms with E-state index in [0.717, 1.165) is 21.4 Å². The van der Waals surface area contributed by atoms with Crippen molar-refractivity contribution in [3.05, 3.63) is 70.7 Å². The normalized spacial score (nSPS) is 17.2. The van der Waals surface area contributed by atoms with Crippen LogP contribution >= 0.6 is 23.2 Å². The number of amides is 2. The summed E-state index contributed by atoms with van der Waals surface area (Å²) in [5.74, 6) is -0.604. The Morgan fingerprint density at radius 3 is 2.31 bits per heavy atom. The van der Waals surface area contributed by atoms with Gasteiger partial charge in [-0.3, -0.25) is 9.59 Å². The number of benzene rings is 3. The Kier molecular flexibility index (Phi) is 4.31. The second-order valence-corrected chi connectivity index (χ2v) is 7.03. The third kappa shape index (κ3) is 3.14. The molecule has 1 saturated heterocycles. The molecule has 4 nitrogen and oxygen atoms in total. The van der Waals surface area contributed by atoms with Crippen molar-refractivity contribution in [2.45, 2.75) is 12.5 Å². The Morgan fingerprint density at radius 1 is 0.885 bits per heavy atom. The van der Waals surface area contributed by atoms with Gasteiger partial charge < -0.3 is 5.32 Å². The van der Waals surface area contributed by atoms with E-state index in [1.807, 2.05) is 42.5 Å². The number of hydrogen-bond donors (Lipinski definition) is 1. The quantitative estimate of drug-likeness (QED) is 0.653. The highest BCUT2D eigenvalue weighted by molar-refractivity contribution is 6.35. The molecule has 1 N–H and O–H groups in total. The van der Waals surface area contributed by atoms with Crippen molar-refractivity contribution in [2.75, 3.05) is 10.2 Å². The Bertz CT molecular complexity index is 1010. The van der Waals surface area contributed by atoms with E-state index in [2.05, 4.69) is 5.32 Å². The van der Waals surface area contributed by atoms with Gasteiger partial charge in [0, 0.05) is 15.7 Å². The lowest BCUT2D eigenvalue weighted by molar-refractivity contribution is -0.121. The SMILES string of the molecule is O=C1CC(Nc2ccc3ccccc3c2)C(=O)N1c1cc(Cl)cc(Cl)c1. The van der Waals surface area contributed by atoms with Crippen LogP contribution < -0.4 is 10.2 Å². The second-order valence-electron chi connectivity index (χ2n) is 6.16. The number of carbonyl (C=O) groups is 2. The molecule has 2 amide bonds. The topological polar surface area (TPSA) is 49.4 Å². The molecule has 1 aliphatic heterocycles. The molecule has 1 fully saturated rings. The first kappa shape index (κ1) is 16.9. The molecule has 0 bridgehead atoms. The van der Waals surface area contributed by atoms with Gasteiger partial charge in [-0.05, 0) is 41.1 Å². The van der Waals surface area contributed by atoms with Gasteiger partial charge in [-0.2, -0.15) is 0 Å². The van der Waals surface area contributed by atoms with Gasteiger partial charge in [0.15, 0.2) is 0 Å². The van der Waals surface area contributed by atoms with Crippen molar-refractivity contribution in [2.24, 2.45) is 0 Å². The lowest BCUT2D eigenvalue weighted by atomic mass is 10.1. The van der Waals surface area contributed by atoms with Gasteiger partial charge in [0.1, 0.15) is 6.04 Å². The van der Waals surface area contributed by atoms with Crippen LogP contribution in [0.25, 0.3) is 10.8 Å². The van der Waals surface area contributed by atoms with Gasteiger partial charge in [-0.15, -0.1) is 0 Å². The van der Waals surface area contributed by atoms with Crippen LogP contribution in [0.15, 0.2) is 60.7 Å². The van der Waals surface area contributed by atoms with Crippen molar-refractivity contribution in [1.82, 2.24) is 0 Å². The van der Waals surface area contributed by atoms with Gasteiger partial charge in [-0.1, -0.05) is 53.5 Å². The number of nitrogens with one attached hydrogen (secondary N) is 1. The van der Waals surface area contributed by atoms with Crippen molar-refractivity contribution in [3.63, 3.8) is 0 Å². The maximum atomic E-state index is 12.8. The first-order valence-corrected chi connectivity index (χ1v) is 8.85. The summed E-state index contributed by atoms with van der Waals surface area (Å²) in [7, 11) is 0. The van der Waals surface area contributed by atoms with E-state index in [9.17, 15) is 9.59 Å². The van der Waals surface area contributed by atoms with Crippen LogP contribution in [0, 0.1) is 0 Å². The molecule has 0 aliphatic carbocycles. The largest absolute Gasteiger partial charge is 0.373 e. The van der Waals surface area contributed by atoms with Crippen molar-refractivity contribution < 1.29 is 9.59 Å². The smallest absolute Gasteiger partial charge is 0.256 e. The predicted molar refractivity (Wildman–Crippen MR) is 105 cm³/mol. The van der Waals surface area contributed by atoms with Crippen LogP contribution in [-0.4, -0.2) is 17.9 Å². The molecular weight excluding hydrogens is 371 g/mol. The number of imide groups is 1. The van der Waals surface area contributed by atoms with Crippen LogP contribution in [0.3, 0.4) is 0 Å². The second kappa shape index (κ2) is 6.63. The minimum atomic E-state index is -0.624. The van der Waals surface area contributed by atoms with E-state index < -0.39 is 6.04 Å². The molecule has 3 aromatic rings. The fraction of sp³-hybridized carbons (Fsp3) is 0.100. The summed E-state index contributed by atoms with van der Waals surface area (Å²) in [4.78, 5) is 26.3. The molecule has 0 aromatic heterocycles. The number of rotatable bonds is 3. The summed E-state index contributed by atoms with van der Waals surface area (Å²) in [6, 6.07) is 17.9. The van der Waals surface area contributed by atoms with E-state index in [0.29, 0.717) is 15.7 Å². The molecule has 0 saturated carbocycles. The predicted octanol–water partition coefficient (Wildman–Crippen LogP) is 4.89. The summed E-state index contributed by atoms with van der Waals surface area (Å²) in [6.45, 7) is 0. The highest BCUT2D eigenvalue weighted by atomic mass is 35.5. The first-order valence-electron chi connectivity index (χ1n) is 8.09. The van der Waals surface area contributed by atoms with Crippen LogP contribution in [0.2, 0.25) is 10.0 Å². The molecule has 130 valence electrons. The Hall–Kier alpha value is -2.56. The molecule has 0 spiro atoms. The van der Waals surface area contributed by atoms with Crippen LogP contribution in [0.1, 0.15) is 6.42 Å².